The highest BCUT2D eigenvalue weighted by Gasteiger charge is 2.22. The molecule has 3 N–H and O–H groups in total. The number of hydrogen-bond acceptors (Lipinski definition) is 3. The van der Waals surface area contributed by atoms with Crippen molar-refractivity contribution in [3.05, 3.63) is 59.9 Å². The molecule has 27 heavy (non-hydrogen) atoms. The molecule has 2 aromatic carbocycles. The SMILES string of the molecule is CCNC(=NCC(=O)Nc1cccc(F)c1)NCC1Cc2ccccc2O1. The van der Waals surface area contributed by atoms with Crippen LogP contribution in [-0.2, 0) is 11.2 Å². The van der Waals surface area contributed by atoms with E-state index in [0.717, 1.165) is 12.2 Å². The van der Waals surface area contributed by atoms with E-state index in [1.807, 2.05) is 25.1 Å². The van der Waals surface area contributed by atoms with Gasteiger partial charge in [0.25, 0.3) is 0 Å². The Labute approximate surface area is 157 Å². The first-order valence-corrected chi connectivity index (χ1v) is 8.96. The molecule has 0 spiro atoms. The van der Waals surface area contributed by atoms with Crippen LogP contribution in [0.25, 0.3) is 0 Å². The summed E-state index contributed by atoms with van der Waals surface area (Å²) in [6, 6.07) is 13.7. The van der Waals surface area contributed by atoms with E-state index in [1.54, 1.807) is 12.1 Å². The van der Waals surface area contributed by atoms with E-state index in [9.17, 15) is 9.18 Å². The highest BCUT2D eigenvalue weighted by Crippen LogP contribution is 2.27. The summed E-state index contributed by atoms with van der Waals surface area (Å²) in [5.41, 5.74) is 1.60. The average molecular weight is 370 g/mol. The normalized spacial score (nSPS) is 15.6. The van der Waals surface area contributed by atoms with Crippen LogP contribution in [0.4, 0.5) is 10.1 Å². The van der Waals surface area contributed by atoms with Gasteiger partial charge in [-0.25, -0.2) is 9.38 Å². The fraction of sp³-hybridized carbons (Fsp3) is 0.300. The Morgan fingerprint density at radius 2 is 2.07 bits per heavy atom. The van der Waals surface area contributed by atoms with Gasteiger partial charge in [0, 0.05) is 18.7 Å². The van der Waals surface area contributed by atoms with Gasteiger partial charge in [0.1, 0.15) is 24.2 Å². The second-order valence-corrected chi connectivity index (χ2v) is 6.19. The molecular formula is C20H23FN4O2. The summed E-state index contributed by atoms with van der Waals surface area (Å²) < 4.78 is 19.1. The first-order chi connectivity index (χ1) is 13.1. The predicted molar refractivity (Wildman–Crippen MR) is 104 cm³/mol. The molecule has 0 saturated heterocycles. The van der Waals surface area contributed by atoms with E-state index in [0.29, 0.717) is 24.7 Å². The van der Waals surface area contributed by atoms with Crippen molar-refractivity contribution in [1.82, 2.24) is 10.6 Å². The predicted octanol–water partition coefficient (Wildman–Crippen LogP) is 2.32. The minimum absolute atomic E-state index is 0.0207. The molecule has 6 nitrogen and oxygen atoms in total. The number of ether oxygens (including phenoxy) is 1. The maximum absolute atomic E-state index is 13.2. The molecule has 0 fully saturated rings. The standard InChI is InChI=1S/C20H23FN4O2/c1-2-22-20(23-12-17-10-14-6-3-4-9-18(14)27-17)24-13-19(26)25-16-8-5-7-15(21)11-16/h3-9,11,17H,2,10,12-13H2,1H3,(H,25,26)(H2,22,23,24). The Morgan fingerprint density at radius 3 is 2.85 bits per heavy atom. The van der Waals surface area contributed by atoms with Crippen LogP contribution >= 0.6 is 0 Å². The van der Waals surface area contributed by atoms with E-state index in [-0.39, 0.29) is 18.6 Å². The number of amides is 1. The van der Waals surface area contributed by atoms with Gasteiger partial charge in [-0.1, -0.05) is 24.3 Å². The number of fused-ring (bicyclic) bond motifs is 1. The molecule has 0 bridgehead atoms. The maximum Gasteiger partial charge on any atom is 0.246 e. The minimum Gasteiger partial charge on any atom is -0.488 e. The fourth-order valence-electron chi connectivity index (χ4n) is 2.84. The smallest absolute Gasteiger partial charge is 0.246 e. The molecule has 7 heteroatoms. The lowest BCUT2D eigenvalue weighted by molar-refractivity contribution is -0.114. The fourth-order valence-corrected chi connectivity index (χ4v) is 2.84. The zero-order chi connectivity index (χ0) is 19.1. The number of nitrogens with one attached hydrogen (secondary N) is 3. The summed E-state index contributed by atoms with van der Waals surface area (Å²) in [5, 5.41) is 8.92. The summed E-state index contributed by atoms with van der Waals surface area (Å²) in [7, 11) is 0. The highest BCUT2D eigenvalue weighted by atomic mass is 19.1. The second-order valence-electron chi connectivity index (χ2n) is 6.19. The number of hydrogen-bond donors (Lipinski definition) is 3. The topological polar surface area (TPSA) is 74.8 Å². The lowest BCUT2D eigenvalue weighted by atomic mass is 10.1. The van der Waals surface area contributed by atoms with Gasteiger partial charge in [0.15, 0.2) is 5.96 Å². The zero-order valence-corrected chi connectivity index (χ0v) is 15.2. The van der Waals surface area contributed by atoms with E-state index in [4.69, 9.17) is 4.74 Å². The van der Waals surface area contributed by atoms with E-state index in [2.05, 4.69) is 27.0 Å². The van der Waals surface area contributed by atoms with Crippen LogP contribution in [0.15, 0.2) is 53.5 Å². The van der Waals surface area contributed by atoms with Crippen molar-refractivity contribution in [2.75, 3.05) is 25.0 Å². The van der Waals surface area contributed by atoms with E-state index < -0.39 is 5.82 Å². The molecule has 1 atom stereocenters. The number of rotatable bonds is 6. The Hall–Kier alpha value is -3.09. The summed E-state index contributed by atoms with van der Waals surface area (Å²) >= 11 is 0. The summed E-state index contributed by atoms with van der Waals surface area (Å²) in [4.78, 5) is 16.3. The van der Waals surface area contributed by atoms with Crippen molar-refractivity contribution in [2.24, 2.45) is 4.99 Å². The molecule has 0 aliphatic carbocycles. The van der Waals surface area contributed by atoms with E-state index >= 15 is 0 Å². The number of aliphatic imine (C=N–C) groups is 1. The van der Waals surface area contributed by atoms with Crippen molar-refractivity contribution in [3.63, 3.8) is 0 Å². The van der Waals surface area contributed by atoms with Gasteiger partial charge in [-0.15, -0.1) is 0 Å². The quantitative estimate of drug-likeness (QED) is 0.539. The third-order valence-electron chi connectivity index (χ3n) is 4.04. The largest absolute Gasteiger partial charge is 0.488 e. The molecule has 0 saturated carbocycles. The van der Waals surface area contributed by atoms with Crippen molar-refractivity contribution in [1.29, 1.82) is 0 Å². The highest BCUT2D eigenvalue weighted by molar-refractivity contribution is 5.94. The number of anilines is 1. The first kappa shape index (κ1) is 18.7. The molecule has 3 rings (SSSR count). The number of halogens is 1. The summed E-state index contributed by atoms with van der Waals surface area (Å²) in [6.07, 6.45) is 0.857. The van der Waals surface area contributed by atoms with Gasteiger partial charge >= 0.3 is 0 Å². The number of nitrogens with zero attached hydrogens (tertiary/aromatic N) is 1. The number of guanidine groups is 1. The van der Waals surface area contributed by atoms with Gasteiger partial charge in [0.2, 0.25) is 5.91 Å². The van der Waals surface area contributed by atoms with Crippen molar-refractivity contribution >= 4 is 17.6 Å². The number of para-hydroxylation sites is 1. The Balaban J connectivity index is 1.50. The van der Waals surface area contributed by atoms with Gasteiger partial charge < -0.3 is 20.7 Å². The van der Waals surface area contributed by atoms with Crippen LogP contribution < -0.4 is 20.7 Å². The third-order valence-corrected chi connectivity index (χ3v) is 4.04. The van der Waals surface area contributed by atoms with Crippen molar-refractivity contribution < 1.29 is 13.9 Å². The molecule has 2 aromatic rings. The van der Waals surface area contributed by atoms with Crippen LogP contribution in [-0.4, -0.2) is 37.6 Å². The summed E-state index contributed by atoms with van der Waals surface area (Å²) in [6.45, 7) is 3.12. The summed E-state index contributed by atoms with van der Waals surface area (Å²) in [5.74, 6) is 0.735. The number of carbonyl (C=O) groups is 1. The molecule has 1 aliphatic rings. The molecule has 1 aliphatic heterocycles. The average Bonchev–Trinajstić information content (AvgIpc) is 3.07. The molecule has 1 heterocycles. The number of carbonyl (C=O) groups excluding carboxylic acids is 1. The Kier molecular flexibility index (Phi) is 6.25. The maximum atomic E-state index is 13.2. The Morgan fingerprint density at radius 1 is 1.22 bits per heavy atom. The zero-order valence-electron chi connectivity index (χ0n) is 15.2. The molecule has 1 unspecified atom stereocenters. The van der Waals surface area contributed by atoms with E-state index in [1.165, 1.54) is 17.7 Å². The van der Waals surface area contributed by atoms with Gasteiger partial charge in [-0.05, 0) is 36.8 Å². The monoisotopic (exact) mass is 370 g/mol. The van der Waals surface area contributed by atoms with Gasteiger partial charge in [-0.3, -0.25) is 4.79 Å². The van der Waals surface area contributed by atoms with Crippen molar-refractivity contribution in [3.8, 4) is 5.75 Å². The lowest BCUT2D eigenvalue weighted by Crippen LogP contribution is -2.42. The Bertz CT molecular complexity index is 800. The second kappa shape index (κ2) is 9.02. The molecule has 0 aromatic heterocycles. The van der Waals surface area contributed by atoms with Crippen LogP contribution in [0.5, 0.6) is 5.75 Å². The number of benzene rings is 2. The molecular weight excluding hydrogens is 347 g/mol. The van der Waals surface area contributed by atoms with Crippen LogP contribution in [0.2, 0.25) is 0 Å². The van der Waals surface area contributed by atoms with Crippen molar-refractivity contribution in [2.45, 2.75) is 19.4 Å². The van der Waals surface area contributed by atoms with Gasteiger partial charge in [0.05, 0.1) is 6.54 Å². The minimum atomic E-state index is -0.399. The molecule has 1 amide bonds. The third kappa shape index (κ3) is 5.44. The van der Waals surface area contributed by atoms with Gasteiger partial charge in [-0.2, -0.15) is 0 Å². The molecule has 142 valence electrons. The lowest BCUT2D eigenvalue weighted by Gasteiger charge is -2.15. The van der Waals surface area contributed by atoms with Crippen LogP contribution in [0.1, 0.15) is 12.5 Å². The molecule has 0 radical (unpaired) electrons. The van der Waals surface area contributed by atoms with Crippen LogP contribution in [0, 0.1) is 5.82 Å². The first-order valence-electron chi connectivity index (χ1n) is 8.96. The van der Waals surface area contributed by atoms with Crippen LogP contribution in [0.3, 0.4) is 0 Å².